The normalized spacial score (nSPS) is 14.1. The Balaban J connectivity index is 1.17. The fraction of sp³-hybridized carbons (Fsp3) is 0.308. The molecule has 0 aliphatic carbocycles. The molecule has 12 heteroatoms. The van der Waals surface area contributed by atoms with Crippen LogP contribution in [0.3, 0.4) is 0 Å². The molecule has 12 nitrogen and oxygen atoms in total. The second kappa shape index (κ2) is 11.2. The summed E-state index contributed by atoms with van der Waals surface area (Å²) in [6.45, 7) is 3.66. The van der Waals surface area contributed by atoms with Crippen LogP contribution in [-0.4, -0.2) is 85.3 Å². The van der Waals surface area contributed by atoms with Gasteiger partial charge in [0.05, 0.1) is 37.0 Å². The van der Waals surface area contributed by atoms with Crippen LogP contribution in [0.5, 0.6) is 5.75 Å². The van der Waals surface area contributed by atoms with Gasteiger partial charge >= 0.3 is 0 Å². The smallest absolute Gasteiger partial charge is 0.236 e. The first-order chi connectivity index (χ1) is 18.4. The van der Waals surface area contributed by atoms with Crippen LogP contribution < -0.4 is 15.8 Å². The highest BCUT2D eigenvalue weighted by Crippen LogP contribution is 2.22. The van der Waals surface area contributed by atoms with Gasteiger partial charge in [0, 0.05) is 57.6 Å². The molecule has 5 rings (SSSR count). The fourth-order valence-electron chi connectivity index (χ4n) is 4.06. The number of nitrogens with two attached hydrogens (primary N) is 1. The van der Waals surface area contributed by atoms with Gasteiger partial charge < -0.3 is 20.7 Å². The maximum atomic E-state index is 11.8. The molecule has 1 aliphatic heterocycles. The van der Waals surface area contributed by atoms with Crippen molar-refractivity contribution in [1.29, 1.82) is 0 Å². The molecule has 0 unspecified atom stereocenters. The van der Waals surface area contributed by atoms with Gasteiger partial charge in [0.2, 0.25) is 5.91 Å². The predicted octanol–water partition coefficient (Wildman–Crippen LogP) is 1.68. The SMILES string of the molecule is CN1CCN(CCOc2cnc(-c3cccc(CNc4nc(-c5cnn(C)c5)cnc4N)c3)nc2)CC1=O. The van der Waals surface area contributed by atoms with Crippen LogP contribution in [0.2, 0.25) is 0 Å². The van der Waals surface area contributed by atoms with Crippen LogP contribution in [0, 0.1) is 0 Å². The number of carbonyl (C=O) groups excluding carboxylic acids is 1. The summed E-state index contributed by atoms with van der Waals surface area (Å²) in [6, 6.07) is 7.94. The van der Waals surface area contributed by atoms with Gasteiger partial charge in [-0.15, -0.1) is 0 Å². The first-order valence-corrected chi connectivity index (χ1v) is 12.3. The number of hydrogen-bond donors (Lipinski definition) is 2. The minimum atomic E-state index is 0.135. The number of nitrogens with zero attached hydrogens (tertiary/aromatic N) is 8. The lowest BCUT2D eigenvalue weighted by atomic mass is 10.1. The molecule has 3 N–H and O–H groups in total. The number of aryl methyl sites for hydroxylation is 1. The van der Waals surface area contributed by atoms with Crippen molar-refractivity contribution in [3.05, 3.63) is 60.8 Å². The Kier molecular flexibility index (Phi) is 7.40. The third-order valence-corrected chi connectivity index (χ3v) is 6.29. The molecule has 1 aromatic carbocycles. The molecule has 0 radical (unpaired) electrons. The Bertz CT molecular complexity index is 1410. The molecule has 38 heavy (non-hydrogen) atoms. The molecule has 3 aromatic heterocycles. The van der Waals surface area contributed by atoms with Crippen molar-refractivity contribution in [2.75, 3.05) is 50.9 Å². The number of amides is 1. The highest BCUT2D eigenvalue weighted by molar-refractivity contribution is 5.78. The number of nitrogen functional groups attached to an aromatic ring is 1. The average Bonchev–Trinajstić information content (AvgIpc) is 3.37. The van der Waals surface area contributed by atoms with Crippen molar-refractivity contribution in [3.63, 3.8) is 0 Å². The Hall–Kier alpha value is -4.58. The van der Waals surface area contributed by atoms with Gasteiger partial charge in [-0.1, -0.05) is 18.2 Å². The molecule has 4 aromatic rings. The second-order valence-corrected chi connectivity index (χ2v) is 9.13. The fourth-order valence-corrected chi connectivity index (χ4v) is 4.06. The van der Waals surface area contributed by atoms with Crippen LogP contribution in [0.15, 0.2) is 55.2 Å². The van der Waals surface area contributed by atoms with Gasteiger partial charge in [-0.2, -0.15) is 5.10 Å². The van der Waals surface area contributed by atoms with Crippen LogP contribution in [-0.2, 0) is 18.4 Å². The van der Waals surface area contributed by atoms with E-state index < -0.39 is 0 Å². The van der Waals surface area contributed by atoms with Crippen LogP contribution in [0.25, 0.3) is 22.6 Å². The molecular formula is C26H30N10O2. The highest BCUT2D eigenvalue weighted by atomic mass is 16.5. The number of aromatic nitrogens is 6. The van der Waals surface area contributed by atoms with Crippen molar-refractivity contribution < 1.29 is 9.53 Å². The number of anilines is 2. The topological polar surface area (TPSA) is 140 Å². The largest absolute Gasteiger partial charge is 0.489 e. The molecule has 1 fully saturated rings. The van der Waals surface area contributed by atoms with E-state index in [1.165, 1.54) is 0 Å². The van der Waals surface area contributed by atoms with E-state index in [9.17, 15) is 4.79 Å². The highest BCUT2D eigenvalue weighted by Gasteiger charge is 2.20. The Labute approximate surface area is 220 Å². The molecule has 196 valence electrons. The van der Waals surface area contributed by atoms with Gasteiger partial charge in [-0.3, -0.25) is 14.4 Å². The zero-order chi connectivity index (χ0) is 26.5. The van der Waals surface area contributed by atoms with Gasteiger partial charge in [-0.05, 0) is 11.6 Å². The minimum Gasteiger partial charge on any atom is -0.489 e. The number of nitrogens with one attached hydrogen (secondary N) is 1. The first-order valence-electron chi connectivity index (χ1n) is 12.3. The summed E-state index contributed by atoms with van der Waals surface area (Å²) < 4.78 is 7.51. The van der Waals surface area contributed by atoms with Gasteiger partial charge in [-0.25, -0.2) is 19.9 Å². The van der Waals surface area contributed by atoms with Crippen LogP contribution >= 0.6 is 0 Å². The maximum Gasteiger partial charge on any atom is 0.236 e. The Morgan fingerprint density at radius 1 is 1.05 bits per heavy atom. The number of rotatable bonds is 9. The molecule has 4 heterocycles. The van der Waals surface area contributed by atoms with Gasteiger partial charge in [0.1, 0.15) is 6.61 Å². The number of carbonyl (C=O) groups is 1. The lowest BCUT2D eigenvalue weighted by Gasteiger charge is -2.31. The van der Waals surface area contributed by atoms with E-state index in [-0.39, 0.29) is 5.91 Å². The lowest BCUT2D eigenvalue weighted by Crippen LogP contribution is -2.49. The second-order valence-electron chi connectivity index (χ2n) is 9.13. The molecule has 0 bridgehead atoms. The molecule has 1 aliphatic rings. The molecule has 0 atom stereocenters. The molecule has 0 saturated carbocycles. The molecule has 1 amide bonds. The molecule has 1 saturated heterocycles. The number of ether oxygens (including phenoxy) is 1. The summed E-state index contributed by atoms with van der Waals surface area (Å²) in [5.74, 6) is 2.16. The summed E-state index contributed by atoms with van der Waals surface area (Å²) in [6.07, 6.45) is 8.58. The number of benzene rings is 1. The summed E-state index contributed by atoms with van der Waals surface area (Å²) in [5, 5.41) is 7.46. The van der Waals surface area contributed by atoms with Crippen LogP contribution in [0.1, 0.15) is 5.56 Å². The molecule has 0 spiro atoms. The third-order valence-electron chi connectivity index (χ3n) is 6.29. The number of hydrogen-bond acceptors (Lipinski definition) is 10. The standard InChI is InChI=1S/C26H30N10O2/c1-34-6-7-36(17-23(34)37)8-9-38-21-13-30-25(31-14-21)19-5-3-4-18(10-19)11-29-26-24(27)28-15-22(33-26)20-12-32-35(2)16-20/h3-5,10,12-16H,6-9,11,17H2,1-2H3,(H2,27,28)(H,29,33). The predicted molar refractivity (Wildman–Crippen MR) is 143 cm³/mol. The van der Waals surface area contributed by atoms with Crippen molar-refractivity contribution in [2.45, 2.75) is 6.54 Å². The van der Waals surface area contributed by atoms with E-state index in [4.69, 9.17) is 10.5 Å². The Morgan fingerprint density at radius 2 is 1.89 bits per heavy atom. The van der Waals surface area contributed by atoms with Crippen molar-refractivity contribution >= 4 is 17.5 Å². The zero-order valence-electron chi connectivity index (χ0n) is 21.4. The zero-order valence-corrected chi connectivity index (χ0v) is 21.4. The first kappa shape index (κ1) is 25.1. The van der Waals surface area contributed by atoms with Gasteiger partial charge in [0.25, 0.3) is 0 Å². The van der Waals surface area contributed by atoms with E-state index >= 15 is 0 Å². The molecular weight excluding hydrogens is 484 g/mol. The van der Waals surface area contributed by atoms with E-state index in [1.54, 1.807) is 34.4 Å². The van der Waals surface area contributed by atoms with Gasteiger partial charge in [0.15, 0.2) is 23.2 Å². The number of piperazine rings is 1. The minimum absolute atomic E-state index is 0.135. The van der Waals surface area contributed by atoms with Crippen LogP contribution in [0.4, 0.5) is 11.6 Å². The van der Waals surface area contributed by atoms with E-state index in [2.05, 4.69) is 35.3 Å². The summed E-state index contributed by atoms with van der Waals surface area (Å²) >= 11 is 0. The van der Waals surface area contributed by atoms with Crippen molar-refractivity contribution in [2.24, 2.45) is 7.05 Å². The lowest BCUT2D eigenvalue weighted by molar-refractivity contribution is -0.134. The quantitative estimate of drug-likeness (QED) is 0.339. The number of likely N-dealkylation sites (N-methyl/N-ethyl adjacent to an activating group) is 1. The summed E-state index contributed by atoms with van der Waals surface area (Å²) in [7, 11) is 3.68. The average molecular weight is 515 g/mol. The third kappa shape index (κ3) is 6.03. The van der Waals surface area contributed by atoms with E-state index in [0.717, 1.165) is 29.8 Å². The van der Waals surface area contributed by atoms with E-state index in [1.807, 2.05) is 44.6 Å². The summed E-state index contributed by atoms with van der Waals surface area (Å²) in [4.78, 5) is 33.5. The van der Waals surface area contributed by atoms with E-state index in [0.29, 0.717) is 55.1 Å². The monoisotopic (exact) mass is 514 g/mol. The van der Waals surface area contributed by atoms with Crippen molar-refractivity contribution in [3.8, 4) is 28.4 Å². The summed E-state index contributed by atoms with van der Waals surface area (Å²) in [5.41, 5.74) is 9.51. The van der Waals surface area contributed by atoms with Crippen molar-refractivity contribution in [1.82, 2.24) is 39.5 Å². The Morgan fingerprint density at radius 3 is 2.66 bits per heavy atom. The maximum absolute atomic E-state index is 11.8.